The van der Waals surface area contributed by atoms with Crippen molar-refractivity contribution < 1.29 is 32.2 Å². The van der Waals surface area contributed by atoms with E-state index in [1.807, 2.05) is 0 Å². The number of halogens is 4. The Bertz CT molecular complexity index is 1700. The van der Waals surface area contributed by atoms with Crippen molar-refractivity contribution in [1.29, 1.82) is 0 Å². The molecule has 4 aromatic rings. The van der Waals surface area contributed by atoms with Gasteiger partial charge in [-0.15, -0.1) is 0 Å². The zero-order chi connectivity index (χ0) is 32.0. The van der Waals surface area contributed by atoms with Gasteiger partial charge < -0.3 is 19.4 Å². The predicted octanol–water partition coefficient (Wildman–Crippen LogP) is 4.75. The lowest BCUT2D eigenvalue weighted by Crippen LogP contribution is -2.31. The van der Waals surface area contributed by atoms with Crippen molar-refractivity contribution in [1.82, 2.24) is 24.6 Å². The van der Waals surface area contributed by atoms with E-state index in [0.29, 0.717) is 32.8 Å². The number of hydrogen-bond donors (Lipinski definition) is 1. The number of alkyl halides is 3. The molecule has 0 radical (unpaired) electrons. The minimum Gasteiger partial charge on any atom is -0.495 e. The minimum absolute atomic E-state index is 0.0632. The van der Waals surface area contributed by atoms with Crippen molar-refractivity contribution in [3.63, 3.8) is 0 Å². The van der Waals surface area contributed by atoms with Gasteiger partial charge in [0, 0.05) is 61.8 Å². The molecule has 0 aliphatic heterocycles. The van der Waals surface area contributed by atoms with E-state index in [4.69, 9.17) is 21.1 Å². The van der Waals surface area contributed by atoms with Crippen molar-refractivity contribution >= 4 is 23.3 Å². The quantitative estimate of drug-likeness (QED) is 0.240. The van der Waals surface area contributed by atoms with Crippen LogP contribution in [0, 0.1) is 0 Å². The maximum Gasteiger partial charge on any atom is 0.408 e. The number of Topliss-reactive ketones (excluding diaryl/α,β-unsaturated/α-hetero) is 1. The first-order valence-corrected chi connectivity index (χ1v) is 13.7. The summed E-state index contributed by atoms with van der Waals surface area (Å²) in [7, 11) is 4.36. The second-order valence-corrected chi connectivity index (χ2v) is 10.2. The number of nitrogens with one attached hydrogen (secondary N) is 1. The van der Waals surface area contributed by atoms with Crippen LogP contribution in [-0.4, -0.2) is 65.1 Å². The van der Waals surface area contributed by atoms with Crippen LogP contribution >= 0.6 is 11.6 Å². The molecule has 0 spiro atoms. The van der Waals surface area contributed by atoms with Gasteiger partial charge in [0.25, 0.3) is 11.5 Å². The van der Waals surface area contributed by atoms with Gasteiger partial charge >= 0.3 is 6.18 Å². The summed E-state index contributed by atoms with van der Waals surface area (Å²) in [6.07, 6.45) is 1.06. The first-order chi connectivity index (χ1) is 20.9. The molecule has 0 aliphatic rings. The summed E-state index contributed by atoms with van der Waals surface area (Å²) in [6.45, 7) is -1.08. The van der Waals surface area contributed by atoms with Gasteiger partial charge in [-0.05, 0) is 41.3 Å². The standard InChI is InChI=1S/C30H29ClF3N5O5/c1-35-29(42)24-7-4-18(13-36-24)10-26(40)25(8-9-43-2)39-16-27(44-3)23(12-28(39)41)22-11-20(31)5-6-21(22)19-14-37-38(15-19)17-30(32,33)34/h4-7,11-16,25H,8-10,17H2,1-3H3,(H,35,42). The molecular weight excluding hydrogens is 603 g/mol. The lowest BCUT2D eigenvalue weighted by atomic mass is 9.96. The van der Waals surface area contributed by atoms with Crippen molar-refractivity contribution in [2.45, 2.75) is 31.6 Å². The van der Waals surface area contributed by atoms with Gasteiger partial charge in [-0.1, -0.05) is 23.7 Å². The van der Waals surface area contributed by atoms with Gasteiger partial charge in [-0.25, -0.2) is 0 Å². The average molecular weight is 632 g/mol. The predicted molar refractivity (Wildman–Crippen MR) is 157 cm³/mol. The average Bonchev–Trinajstić information content (AvgIpc) is 3.44. The van der Waals surface area contributed by atoms with Crippen molar-refractivity contribution in [2.75, 3.05) is 27.9 Å². The Kier molecular flexibility index (Phi) is 10.2. The van der Waals surface area contributed by atoms with Crippen LogP contribution in [0.4, 0.5) is 13.2 Å². The Morgan fingerprint density at radius 2 is 1.82 bits per heavy atom. The lowest BCUT2D eigenvalue weighted by molar-refractivity contribution is -0.142. The number of benzene rings is 1. The number of carbonyl (C=O) groups is 2. The van der Waals surface area contributed by atoms with Gasteiger partial charge in [0.05, 0.1) is 25.5 Å². The van der Waals surface area contributed by atoms with Crippen LogP contribution in [0.15, 0.2) is 66.0 Å². The number of amides is 1. The van der Waals surface area contributed by atoms with E-state index in [2.05, 4.69) is 15.4 Å². The normalized spacial score (nSPS) is 12.2. The van der Waals surface area contributed by atoms with Crippen LogP contribution < -0.4 is 15.6 Å². The van der Waals surface area contributed by atoms with Gasteiger partial charge in [0.1, 0.15) is 18.0 Å². The van der Waals surface area contributed by atoms with Gasteiger partial charge in [0.2, 0.25) is 0 Å². The lowest BCUT2D eigenvalue weighted by Gasteiger charge is -2.21. The molecule has 0 fully saturated rings. The van der Waals surface area contributed by atoms with Crippen LogP contribution in [0.1, 0.15) is 28.5 Å². The molecule has 10 nitrogen and oxygen atoms in total. The van der Waals surface area contributed by atoms with Crippen molar-refractivity contribution in [3.8, 4) is 28.0 Å². The number of pyridine rings is 2. The zero-order valence-electron chi connectivity index (χ0n) is 24.0. The molecule has 232 valence electrons. The number of aromatic nitrogens is 4. The Balaban J connectivity index is 1.72. The summed E-state index contributed by atoms with van der Waals surface area (Å²) in [5.74, 6) is -0.436. The molecule has 0 aliphatic carbocycles. The summed E-state index contributed by atoms with van der Waals surface area (Å²) >= 11 is 6.30. The second kappa shape index (κ2) is 13.9. The van der Waals surface area contributed by atoms with Crippen molar-refractivity contribution in [3.05, 3.63) is 87.8 Å². The van der Waals surface area contributed by atoms with Gasteiger partial charge in [-0.3, -0.25) is 24.0 Å². The number of hydrogen-bond acceptors (Lipinski definition) is 7. The Labute approximate surface area is 255 Å². The molecule has 1 unspecified atom stereocenters. The molecule has 0 saturated heterocycles. The number of rotatable bonds is 12. The molecule has 3 aromatic heterocycles. The van der Waals surface area contributed by atoms with E-state index in [0.717, 1.165) is 4.68 Å². The van der Waals surface area contributed by atoms with Crippen LogP contribution in [0.5, 0.6) is 5.75 Å². The SMILES string of the molecule is CNC(=O)c1ccc(CC(=O)C(CCOC)n2cc(OC)c(-c3cc(Cl)ccc3-c3cnn(CC(F)(F)F)c3)cc2=O)cn1. The fraction of sp³-hybridized carbons (Fsp3) is 0.300. The number of ketones is 1. The maximum absolute atomic E-state index is 13.6. The van der Waals surface area contributed by atoms with E-state index in [1.54, 1.807) is 24.3 Å². The Hall–Kier alpha value is -4.49. The molecule has 1 aromatic carbocycles. The number of methoxy groups -OCH3 is 2. The Morgan fingerprint density at radius 3 is 2.45 bits per heavy atom. The molecule has 4 rings (SSSR count). The third-order valence-electron chi connectivity index (χ3n) is 6.79. The molecule has 0 bridgehead atoms. The monoisotopic (exact) mass is 631 g/mol. The summed E-state index contributed by atoms with van der Waals surface area (Å²) in [5.41, 5.74) is 1.81. The third-order valence-corrected chi connectivity index (χ3v) is 7.02. The smallest absolute Gasteiger partial charge is 0.408 e. The van der Waals surface area contributed by atoms with Gasteiger partial charge in [-0.2, -0.15) is 18.3 Å². The Morgan fingerprint density at radius 1 is 1.05 bits per heavy atom. The summed E-state index contributed by atoms with van der Waals surface area (Å²) in [4.78, 5) is 43.0. The number of nitrogens with zero attached hydrogens (tertiary/aromatic N) is 4. The van der Waals surface area contributed by atoms with Crippen molar-refractivity contribution in [2.24, 2.45) is 0 Å². The van der Waals surface area contributed by atoms with E-state index in [1.165, 1.54) is 62.8 Å². The van der Waals surface area contributed by atoms with Crippen LogP contribution in [0.3, 0.4) is 0 Å². The summed E-state index contributed by atoms with van der Waals surface area (Å²) in [6, 6.07) is 8.25. The molecule has 3 heterocycles. The van der Waals surface area contributed by atoms with E-state index >= 15 is 0 Å². The molecule has 14 heteroatoms. The summed E-state index contributed by atoms with van der Waals surface area (Å²) in [5, 5.41) is 6.62. The fourth-order valence-corrected chi connectivity index (χ4v) is 4.88. The maximum atomic E-state index is 13.6. The molecule has 1 atom stereocenters. The van der Waals surface area contributed by atoms with E-state index in [9.17, 15) is 27.6 Å². The minimum atomic E-state index is -4.46. The highest BCUT2D eigenvalue weighted by atomic mass is 35.5. The molecule has 1 amide bonds. The largest absolute Gasteiger partial charge is 0.495 e. The highest BCUT2D eigenvalue weighted by molar-refractivity contribution is 6.31. The molecule has 44 heavy (non-hydrogen) atoms. The summed E-state index contributed by atoms with van der Waals surface area (Å²) < 4.78 is 51.7. The zero-order valence-corrected chi connectivity index (χ0v) is 24.8. The molecule has 0 saturated carbocycles. The first-order valence-electron chi connectivity index (χ1n) is 13.3. The number of ether oxygens (including phenoxy) is 2. The molecule has 1 N–H and O–H groups in total. The first kappa shape index (κ1) is 32.4. The topological polar surface area (TPSA) is 117 Å². The highest BCUT2D eigenvalue weighted by Gasteiger charge is 2.29. The van der Waals surface area contributed by atoms with E-state index in [-0.39, 0.29) is 42.6 Å². The van der Waals surface area contributed by atoms with Crippen LogP contribution in [-0.2, 0) is 22.5 Å². The second-order valence-electron chi connectivity index (χ2n) is 9.80. The fourth-order valence-electron chi connectivity index (χ4n) is 4.70. The van der Waals surface area contributed by atoms with E-state index < -0.39 is 24.3 Å². The highest BCUT2D eigenvalue weighted by Crippen LogP contribution is 2.38. The van der Waals surface area contributed by atoms with Crippen LogP contribution in [0.25, 0.3) is 22.3 Å². The third kappa shape index (κ3) is 7.71. The van der Waals surface area contributed by atoms with Gasteiger partial charge in [0.15, 0.2) is 5.78 Å². The molecular formula is C30H29ClF3N5O5. The van der Waals surface area contributed by atoms with Crippen LogP contribution in [0.2, 0.25) is 5.02 Å². The number of carbonyl (C=O) groups excluding carboxylic acids is 2.